The zero-order chi connectivity index (χ0) is 27.2. The molecule has 0 saturated heterocycles. The lowest BCUT2D eigenvalue weighted by Crippen LogP contribution is -2.19. The van der Waals surface area contributed by atoms with E-state index in [9.17, 15) is 21.6 Å². The number of hydrogen-bond donors (Lipinski definition) is 2. The van der Waals surface area contributed by atoms with Gasteiger partial charge in [-0.2, -0.15) is 16.8 Å². The molecule has 9 nitrogen and oxygen atoms in total. The van der Waals surface area contributed by atoms with Crippen molar-refractivity contribution >= 4 is 37.6 Å². The molecule has 2 N–H and O–H groups in total. The van der Waals surface area contributed by atoms with Gasteiger partial charge in [-0.05, 0) is 61.0 Å². The molecule has 2 amide bonds. The summed E-state index contributed by atoms with van der Waals surface area (Å²) < 4.78 is 60.0. The van der Waals surface area contributed by atoms with Crippen molar-refractivity contribution in [3.63, 3.8) is 0 Å². The Hall–Kier alpha value is -4.35. The predicted molar refractivity (Wildman–Crippen MR) is 144 cm³/mol. The summed E-state index contributed by atoms with van der Waals surface area (Å²) in [5.74, 6) is -0.140. The molecule has 0 radical (unpaired) electrons. The Morgan fingerprint density at radius 1 is 0.684 bits per heavy atom. The molecule has 0 aromatic heterocycles. The molecule has 0 spiro atoms. The van der Waals surface area contributed by atoms with Gasteiger partial charge in [-0.25, -0.2) is 4.79 Å². The van der Waals surface area contributed by atoms with E-state index in [1.54, 1.807) is 48.5 Å². The van der Waals surface area contributed by atoms with E-state index in [0.717, 1.165) is 5.56 Å². The first-order valence-electron chi connectivity index (χ1n) is 11.3. The molecule has 0 aliphatic rings. The first kappa shape index (κ1) is 26.7. The summed E-state index contributed by atoms with van der Waals surface area (Å²) in [6.07, 6.45) is 0. The largest absolute Gasteiger partial charge is 0.382 e. The Morgan fingerprint density at radius 2 is 1.34 bits per heavy atom. The summed E-state index contributed by atoms with van der Waals surface area (Å²) in [7, 11) is -7.90. The summed E-state index contributed by atoms with van der Waals surface area (Å²) in [5, 5.41) is 5.20. The maximum Gasteiger partial charge on any atom is 0.339 e. The van der Waals surface area contributed by atoms with Crippen LogP contribution in [0.4, 0.5) is 16.2 Å². The van der Waals surface area contributed by atoms with Gasteiger partial charge in [-0.1, -0.05) is 54.1 Å². The highest BCUT2D eigenvalue weighted by Gasteiger charge is 2.17. The zero-order valence-electron chi connectivity index (χ0n) is 20.2. The number of rotatable bonds is 9. The molecule has 4 rings (SSSR count). The molecular weight excluding hydrogens is 528 g/mol. The van der Waals surface area contributed by atoms with E-state index in [-0.39, 0.29) is 22.1 Å². The molecule has 0 bridgehead atoms. The number of carbonyl (C=O) groups is 1. The molecule has 38 heavy (non-hydrogen) atoms. The van der Waals surface area contributed by atoms with E-state index in [2.05, 4.69) is 10.6 Å². The topological polar surface area (TPSA) is 128 Å². The van der Waals surface area contributed by atoms with Crippen LogP contribution in [-0.4, -0.2) is 22.9 Å². The van der Waals surface area contributed by atoms with Gasteiger partial charge in [0, 0.05) is 17.4 Å². The minimum absolute atomic E-state index is 0.0134. The maximum atomic E-state index is 12.5. The molecule has 0 atom stereocenters. The Morgan fingerprint density at radius 3 is 2.03 bits per heavy atom. The molecule has 4 aromatic carbocycles. The number of nitrogens with one attached hydrogen (secondary N) is 2. The summed E-state index contributed by atoms with van der Waals surface area (Å²) >= 11 is 0. The monoisotopic (exact) mass is 552 g/mol. The van der Waals surface area contributed by atoms with Crippen molar-refractivity contribution in [3.05, 3.63) is 114 Å². The highest BCUT2D eigenvalue weighted by atomic mass is 32.2. The van der Waals surface area contributed by atoms with Gasteiger partial charge in [-0.15, -0.1) is 0 Å². The van der Waals surface area contributed by atoms with Crippen molar-refractivity contribution in [3.8, 4) is 11.5 Å². The fraction of sp³-hybridized carbons (Fsp3) is 0.0741. The van der Waals surface area contributed by atoms with Crippen LogP contribution in [0.15, 0.2) is 108 Å². The third kappa shape index (κ3) is 7.58. The lowest BCUT2D eigenvalue weighted by Gasteiger charge is -2.11. The van der Waals surface area contributed by atoms with Crippen molar-refractivity contribution in [1.82, 2.24) is 0 Å². The van der Waals surface area contributed by atoms with Crippen LogP contribution in [0.1, 0.15) is 11.1 Å². The summed E-state index contributed by atoms with van der Waals surface area (Å²) in [4.78, 5) is 12.5. The molecule has 0 fully saturated rings. The molecule has 196 valence electrons. The minimum Gasteiger partial charge on any atom is -0.382 e. The minimum atomic E-state index is -4.04. The van der Waals surface area contributed by atoms with Crippen molar-refractivity contribution < 1.29 is 30.0 Å². The second-order valence-electron chi connectivity index (χ2n) is 8.25. The second-order valence-corrected chi connectivity index (χ2v) is 11.4. The van der Waals surface area contributed by atoms with E-state index >= 15 is 0 Å². The van der Waals surface area contributed by atoms with Gasteiger partial charge >= 0.3 is 26.3 Å². The average molecular weight is 553 g/mol. The number of carbonyl (C=O) groups excluding carboxylic acids is 1. The number of aryl methyl sites for hydroxylation is 1. The van der Waals surface area contributed by atoms with Crippen LogP contribution in [0.25, 0.3) is 0 Å². The summed E-state index contributed by atoms with van der Waals surface area (Å²) in [5.41, 5.74) is 2.19. The smallest absolute Gasteiger partial charge is 0.339 e. The number of urea groups is 1. The molecule has 0 saturated carbocycles. The van der Waals surface area contributed by atoms with Crippen molar-refractivity contribution in [2.45, 2.75) is 17.6 Å². The quantitative estimate of drug-likeness (QED) is 0.269. The van der Waals surface area contributed by atoms with Crippen molar-refractivity contribution in [2.24, 2.45) is 0 Å². The zero-order valence-corrected chi connectivity index (χ0v) is 21.8. The van der Waals surface area contributed by atoms with Crippen LogP contribution in [0.3, 0.4) is 0 Å². The fourth-order valence-corrected chi connectivity index (χ4v) is 5.33. The van der Waals surface area contributed by atoms with E-state index in [4.69, 9.17) is 8.37 Å². The highest BCUT2D eigenvalue weighted by Crippen LogP contribution is 2.23. The van der Waals surface area contributed by atoms with E-state index < -0.39 is 26.3 Å². The van der Waals surface area contributed by atoms with Crippen LogP contribution in [0.2, 0.25) is 0 Å². The van der Waals surface area contributed by atoms with Gasteiger partial charge in [0.1, 0.15) is 22.1 Å². The standard InChI is InChI=1S/C27H24N2O7S2/c1-20-10-16-26(17-11-20)38(33,34)36-25-9-5-8-23(18-25)29-27(30)28-22-12-14-24(15-13-22)35-37(31,32)19-21-6-3-2-4-7-21/h2-18H,19H2,1H3,(H2,28,29,30). The molecule has 0 unspecified atom stereocenters. The van der Waals surface area contributed by atoms with Crippen molar-refractivity contribution in [2.75, 3.05) is 10.6 Å². The SMILES string of the molecule is Cc1ccc(S(=O)(=O)Oc2cccc(NC(=O)Nc3ccc(OS(=O)(=O)Cc4ccccc4)cc3)c2)cc1. The molecule has 4 aromatic rings. The van der Waals surface area contributed by atoms with Gasteiger partial charge in [0.05, 0.1) is 0 Å². The number of benzene rings is 4. The van der Waals surface area contributed by atoms with Crippen LogP contribution >= 0.6 is 0 Å². The van der Waals surface area contributed by atoms with Crippen LogP contribution in [0, 0.1) is 6.92 Å². The van der Waals surface area contributed by atoms with Gasteiger partial charge in [-0.3, -0.25) is 0 Å². The normalized spacial score (nSPS) is 11.4. The van der Waals surface area contributed by atoms with E-state index in [0.29, 0.717) is 16.9 Å². The Labute approximate surface area is 221 Å². The van der Waals surface area contributed by atoms with Gasteiger partial charge < -0.3 is 19.0 Å². The maximum absolute atomic E-state index is 12.5. The molecule has 0 aliphatic heterocycles. The first-order valence-corrected chi connectivity index (χ1v) is 14.3. The fourth-order valence-electron chi connectivity index (χ4n) is 3.35. The summed E-state index contributed by atoms with van der Waals surface area (Å²) in [6, 6.07) is 26.1. The molecule has 0 aliphatic carbocycles. The second kappa shape index (κ2) is 11.4. The van der Waals surface area contributed by atoms with Crippen LogP contribution < -0.4 is 19.0 Å². The third-order valence-electron chi connectivity index (χ3n) is 5.13. The molecule has 11 heteroatoms. The number of hydrogen-bond acceptors (Lipinski definition) is 7. The van der Waals surface area contributed by atoms with Crippen molar-refractivity contribution in [1.29, 1.82) is 0 Å². The predicted octanol–water partition coefficient (Wildman–Crippen LogP) is 5.32. The van der Waals surface area contributed by atoms with E-state index in [1.807, 2.05) is 6.92 Å². The lowest BCUT2D eigenvalue weighted by atomic mass is 10.2. The third-order valence-corrected chi connectivity index (χ3v) is 7.52. The van der Waals surface area contributed by atoms with Gasteiger partial charge in [0.25, 0.3) is 0 Å². The average Bonchev–Trinajstić information content (AvgIpc) is 2.85. The Bertz CT molecular complexity index is 1620. The summed E-state index contributed by atoms with van der Waals surface area (Å²) in [6.45, 7) is 1.84. The van der Waals surface area contributed by atoms with Crippen LogP contribution in [-0.2, 0) is 26.0 Å². The number of amides is 2. The Kier molecular flexibility index (Phi) is 7.99. The highest BCUT2D eigenvalue weighted by molar-refractivity contribution is 7.87. The number of anilines is 2. The molecule has 0 heterocycles. The van der Waals surface area contributed by atoms with Gasteiger partial charge in [0.2, 0.25) is 0 Å². The lowest BCUT2D eigenvalue weighted by molar-refractivity contribution is 0.262. The van der Waals surface area contributed by atoms with Crippen LogP contribution in [0.5, 0.6) is 11.5 Å². The van der Waals surface area contributed by atoms with E-state index in [1.165, 1.54) is 54.6 Å². The van der Waals surface area contributed by atoms with Gasteiger partial charge in [0.15, 0.2) is 0 Å². The first-order chi connectivity index (χ1) is 18.1. The Balaban J connectivity index is 1.34. The molecular formula is C27H24N2O7S2.